The summed E-state index contributed by atoms with van der Waals surface area (Å²) in [6.07, 6.45) is 1.41. The van der Waals surface area contributed by atoms with Gasteiger partial charge < -0.3 is 9.47 Å². The molecule has 188 valence electrons. The lowest BCUT2D eigenvalue weighted by Gasteiger charge is -2.22. The van der Waals surface area contributed by atoms with E-state index in [4.69, 9.17) is 9.47 Å². The van der Waals surface area contributed by atoms with Gasteiger partial charge in [0.2, 0.25) is 23.3 Å². The predicted molar refractivity (Wildman–Crippen MR) is 113 cm³/mol. The van der Waals surface area contributed by atoms with Crippen molar-refractivity contribution in [3.63, 3.8) is 0 Å². The molecule has 0 atom stereocenters. The third kappa shape index (κ3) is 6.51. The maximum absolute atomic E-state index is 13.5. The van der Waals surface area contributed by atoms with Gasteiger partial charge in [-0.05, 0) is 41.5 Å². The van der Waals surface area contributed by atoms with Crippen LogP contribution in [0.4, 0.5) is 35.1 Å². The first-order chi connectivity index (χ1) is 15.4. The number of ether oxygens (including phenoxy) is 2. The highest BCUT2D eigenvalue weighted by Crippen LogP contribution is 2.34. The molecule has 0 saturated carbocycles. The van der Waals surface area contributed by atoms with Gasteiger partial charge in [-0.2, -0.15) is 17.6 Å². The van der Waals surface area contributed by atoms with Gasteiger partial charge in [-0.3, -0.25) is 0 Å². The van der Waals surface area contributed by atoms with E-state index in [9.17, 15) is 35.1 Å². The second-order valence-electron chi connectivity index (χ2n) is 8.83. The predicted octanol–water partition coefficient (Wildman–Crippen LogP) is 8.13. The van der Waals surface area contributed by atoms with Crippen LogP contribution in [0.5, 0.6) is 11.5 Å². The third-order valence-electron chi connectivity index (χ3n) is 3.74. The summed E-state index contributed by atoms with van der Waals surface area (Å²) in [6.45, 7) is 15.2. The lowest BCUT2D eigenvalue weighted by Crippen LogP contribution is -2.25. The smallest absolute Gasteiger partial charge is 0.204 e. The van der Waals surface area contributed by atoms with Crippen LogP contribution in [0.1, 0.15) is 52.7 Å². The van der Waals surface area contributed by atoms with Crippen molar-refractivity contribution < 1.29 is 44.6 Å². The van der Waals surface area contributed by atoms with Crippen molar-refractivity contribution in [3.8, 4) is 11.5 Å². The van der Waals surface area contributed by atoms with Gasteiger partial charge in [0, 0.05) is 0 Å². The molecule has 2 rings (SSSR count). The Labute approximate surface area is 192 Å². The largest absolute Gasteiger partial charge is 0.482 e. The minimum absolute atomic E-state index is 0.706. The summed E-state index contributed by atoms with van der Waals surface area (Å²) in [6, 6.07) is 0. The number of hydrogen-bond acceptors (Lipinski definition) is 2. The summed E-state index contributed by atoms with van der Waals surface area (Å²) in [5, 5.41) is 0. The maximum Gasteiger partial charge on any atom is 0.204 e. The van der Waals surface area contributed by atoms with E-state index in [1.54, 1.807) is 0 Å². The molecule has 0 aliphatic heterocycles. The van der Waals surface area contributed by atoms with E-state index in [1.807, 2.05) is 0 Å². The van der Waals surface area contributed by atoms with Crippen molar-refractivity contribution >= 4 is 12.2 Å². The SMILES string of the molecule is C=Cc1c(F)c(F)c(OC(C)(C)C)c(F)c1F.C=Cc1c(F)c(F)c(OC(C)(C)C)c(F)c1F. The van der Waals surface area contributed by atoms with Crippen molar-refractivity contribution in [3.05, 3.63) is 70.8 Å². The second kappa shape index (κ2) is 10.5. The van der Waals surface area contributed by atoms with Crippen LogP contribution in [0.15, 0.2) is 13.2 Å². The molecule has 2 aromatic rings. The van der Waals surface area contributed by atoms with E-state index < -0.39 is 80.4 Å². The standard InChI is InChI=1S/2C12H12F4O/c2*1-5-6-7(13)9(15)11(10(16)8(6)14)17-12(2,3)4/h2*5H,1H2,2-4H3. The second-order valence-corrected chi connectivity index (χ2v) is 8.83. The van der Waals surface area contributed by atoms with Gasteiger partial charge in [-0.1, -0.05) is 25.3 Å². The van der Waals surface area contributed by atoms with Crippen molar-refractivity contribution in [2.45, 2.75) is 52.7 Å². The molecule has 0 N–H and O–H groups in total. The van der Waals surface area contributed by atoms with Crippen LogP contribution in [0.3, 0.4) is 0 Å². The molecule has 0 bridgehead atoms. The Morgan fingerprint density at radius 3 is 0.824 bits per heavy atom. The number of halogens is 8. The molecule has 0 spiro atoms. The zero-order chi connectivity index (χ0) is 26.8. The fraction of sp³-hybridized carbons (Fsp3) is 0.333. The number of rotatable bonds is 4. The Hall–Kier alpha value is -3.04. The average molecular weight is 496 g/mol. The van der Waals surface area contributed by atoms with Crippen molar-refractivity contribution in [2.75, 3.05) is 0 Å². The van der Waals surface area contributed by atoms with Crippen LogP contribution in [0.2, 0.25) is 0 Å². The fourth-order valence-corrected chi connectivity index (χ4v) is 2.41. The highest BCUT2D eigenvalue weighted by Gasteiger charge is 2.29. The fourth-order valence-electron chi connectivity index (χ4n) is 2.41. The van der Waals surface area contributed by atoms with Gasteiger partial charge in [0.05, 0.1) is 11.1 Å². The van der Waals surface area contributed by atoms with Gasteiger partial charge in [-0.15, -0.1) is 0 Å². The van der Waals surface area contributed by atoms with Crippen LogP contribution in [0.25, 0.3) is 12.2 Å². The van der Waals surface area contributed by atoms with E-state index in [0.717, 1.165) is 0 Å². The van der Waals surface area contributed by atoms with Gasteiger partial charge >= 0.3 is 0 Å². The molecule has 0 aliphatic carbocycles. The Bertz CT molecular complexity index is 951. The summed E-state index contributed by atoms with van der Waals surface area (Å²) in [5.41, 5.74) is -3.64. The Morgan fingerprint density at radius 2 is 0.676 bits per heavy atom. The summed E-state index contributed by atoms with van der Waals surface area (Å²) in [5.74, 6) is -14.4. The van der Waals surface area contributed by atoms with E-state index in [1.165, 1.54) is 41.5 Å². The molecule has 0 heterocycles. The molecule has 0 unspecified atom stereocenters. The number of benzene rings is 2. The molecule has 34 heavy (non-hydrogen) atoms. The first-order valence-corrected chi connectivity index (χ1v) is 9.72. The first kappa shape index (κ1) is 29.0. The molecule has 10 heteroatoms. The molecule has 0 aliphatic rings. The normalized spacial score (nSPS) is 11.5. The lowest BCUT2D eigenvalue weighted by molar-refractivity contribution is 0.114. The van der Waals surface area contributed by atoms with Gasteiger partial charge in [0.25, 0.3) is 0 Å². The summed E-state index contributed by atoms with van der Waals surface area (Å²) in [7, 11) is 0. The third-order valence-corrected chi connectivity index (χ3v) is 3.74. The van der Waals surface area contributed by atoms with Crippen LogP contribution in [-0.2, 0) is 0 Å². The van der Waals surface area contributed by atoms with Crippen LogP contribution in [0, 0.1) is 46.5 Å². The monoisotopic (exact) mass is 496 g/mol. The highest BCUT2D eigenvalue weighted by atomic mass is 19.2. The lowest BCUT2D eigenvalue weighted by atomic mass is 10.1. The van der Waals surface area contributed by atoms with Crippen LogP contribution >= 0.6 is 0 Å². The molecule has 2 aromatic carbocycles. The van der Waals surface area contributed by atoms with Crippen molar-refractivity contribution in [1.29, 1.82) is 0 Å². The van der Waals surface area contributed by atoms with E-state index in [-0.39, 0.29) is 0 Å². The summed E-state index contributed by atoms with van der Waals surface area (Å²) < 4.78 is 117. The first-order valence-electron chi connectivity index (χ1n) is 9.72. The molecule has 0 amide bonds. The minimum Gasteiger partial charge on any atom is -0.482 e. The zero-order valence-electron chi connectivity index (χ0n) is 19.4. The Kier molecular flexibility index (Phi) is 8.94. The van der Waals surface area contributed by atoms with E-state index in [2.05, 4.69) is 13.2 Å². The van der Waals surface area contributed by atoms with E-state index in [0.29, 0.717) is 12.2 Å². The van der Waals surface area contributed by atoms with Crippen LogP contribution < -0.4 is 9.47 Å². The summed E-state index contributed by atoms with van der Waals surface area (Å²) in [4.78, 5) is 0. The Balaban J connectivity index is 0.000000340. The van der Waals surface area contributed by atoms with E-state index >= 15 is 0 Å². The van der Waals surface area contributed by atoms with Crippen molar-refractivity contribution in [2.24, 2.45) is 0 Å². The molecule has 0 radical (unpaired) electrons. The maximum atomic E-state index is 13.5. The topological polar surface area (TPSA) is 18.5 Å². The van der Waals surface area contributed by atoms with Gasteiger partial charge in [0.15, 0.2) is 34.8 Å². The van der Waals surface area contributed by atoms with Gasteiger partial charge in [-0.25, -0.2) is 17.6 Å². The highest BCUT2D eigenvalue weighted by molar-refractivity contribution is 5.52. The number of hydrogen-bond donors (Lipinski definition) is 0. The molecular formula is C24H24F8O2. The average Bonchev–Trinajstić information content (AvgIpc) is 2.71. The van der Waals surface area contributed by atoms with Crippen LogP contribution in [-0.4, -0.2) is 11.2 Å². The van der Waals surface area contributed by atoms with Gasteiger partial charge in [0.1, 0.15) is 11.2 Å². The minimum atomic E-state index is -1.56. The molecule has 0 aromatic heterocycles. The molecule has 2 nitrogen and oxygen atoms in total. The van der Waals surface area contributed by atoms with Crippen molar-refractivity contribution in [1.82, 2.24) is 0 Å². The quantitative estimate of drug-likeness (QED) is 0.314. The molecule has 0 fully saturated rings. The Morgan fingerprint density at radius 1 is 0.471 bits per heavy atom. The zero-order valence-corrected chi connectivity index (χ0v) is 19.4. The summed E-state index contributed by atoms with van der Waals surface area (Å²) >= 11 is 0. The molecular weight excluding hydrogens is 472 g/mol. The molecule has 0 saturated heterocycles.